The number of aromatic nitrogens is 1. The third-order valence-electron chi connectivity index (χ3n) is 5.64. The number of pyridine rings is 1. The van der Waals surface area contributed by atoms with Crippen LogP contribution in [0.2, 0.25) is 0 Å². The van der Waals surface area contributed by atoms with Crippen molar-refractivity contribution in [1.29, 1.82) is 0 Å². The summed E-state index contributed by atoms with van der Waals surface area (Å²) in [5, 5.41) is 4.04. The fourth-order valence-electron chi connectivity index (χ4n) is 4.02. The number of rotatable bonds is 8. The molecule has 0 radical (unpaired) electrons. The van der Waals surface area contributed by atoms with Crippen molar-refractivity contribution in [1.82, 2.24) is 14.8 Å². The number of thioether (sulfide) groups is 1. The Labute approximate surface area is 171 Å². The van der Waals surface area contributed by atoms with Gasteiger partial charge < -0.3 is 14.8 Å². The Hall–Kier alpha value is -1.79. The van der Waals surface area contributed by atoms with Gasteiger partial charge in [0.1, 0.15) is 0 Å². The van der Waals surface area contributed by atoms with Crippen molar-refractivity contribution in [3.8, 4) is 0 Å². The molecule has 1 fully saturated rings. The number of para-hydroxylation sites is 1. The average molecular weight is 402 g/mol. The summed E-state index contributed by atoms with van der Waals surface area (Å²) in [6.45, 7) is 5.23. The van der Waals surface area contributed by atoms with Gasteiger partial charge in [-0.05, 0) is 38.3 Å². The van der Waals surface area contributed by atoms with Gasteiger partial charge in [0.15, 0.2) is 0 Å². The number of piperidine rings is 1. The van der Waals surface area contributed by atoms with E-state index in [9.17, 15) is 9.59 Å². The Kier molecular flexibility index (Phi) is 7.57. The van der Waals surface area contributed by atoms with Crippen molar-refractivity contribution in [2.75, 3.05) is 25.4 Å². The summed E-state index contributed by atoms with van der Waals surface area (Å²) in [6.07, 6.45) is 6.16. The van der Waals surface area contributed by atoms with Crippen LogP contribution < -0.4 is 10.9 Å². The van der Waals surface area contributed by atoms with Gasteiger partial charge in [-0.2, -0.15) is 0 Å². The maximum Gasteiger partial charge on any atom is 0.251 e. The lowest BCUT2D eigenvalue weighted by Gasteiger charge is -2.35. The average Bonchev–Trinajstić information content (AvgIpc) is 2.73. The molecule has 2 aromatic rings. The first-order chi connectivity index (χ1) is 13.6. The van der Waals surface area contributed by atoms with E-state index in [0.717, 1.165) is 28.8 Å². The number of fused-ring (bicyclic) bond motifs is 1. The van der Waals surface area contributed by atoms with Crippen LogP contribution in [0.1, 0.15) is 39.0 Å². The highest BCUT2D eigenvalue weighted by Crippen LogP contribution is 2.25. The molecule has 1 aliphatic heterocycles. The van der Waals surface area contributed by atoms with E-state index in [0.29, 0.717) is 18.3 Å². The van der Waals surface area contributed by atoms with Gasteiger partial charge in [-0.25, -0.2) is 0 Å². The maximum absolute atomic E-state index is 12.2. The van der Waals surface area contributed by atoms with E-state index in [1.54, 1.807) is 17.7 Å². The van der Waals surface area contributed by atoms with Crippen LogP contribution >= 0.6 is 11.8 Å². The Balaban J connectivity index is 1.47. The van der Waals surface area contributed by atoms with Crippen LogP contribution in [0.25, 0.3) is 10.9 Å². The molecule has 152 valence electrons. The molecule has 1 aliphatic rings. The zero-order chi connectivity index (χ0) is 19.9. The number of hydrogen-bond donors (Lipinski definition) is 1. The molecule has 1 N–H and O–H groups in total. The molecule has 1 saturated heterocycles. The van der Waals surface area contributed by atoms with Crippen LogP contribution in [0.4, 0.5) is 0 Å². The molecule has 3 rings (SSSR count). The minimum atomic E-state index is -0.0476. The summed E-state index contributed by atoms with van der Waals surface area (Å²) in [5.74, 6) is 0.360. The van der Waals surface area contributed by atoms with Gasteiger partial charge in [0.2, 0.25) is 5.91 Å². The number of nitrogens with one attached hydrogen (secondary N) is 1. The van der Waals surface area contributed by atoms with Gasteiger partial charge in [-0.15, -0.1) is 11.8 Å². The fraction of sp³-hybridized carbons (Fsp3) is 0.545. The standard InChI is InChI=1S/C22H31N3O2S/c1-3-17-9-6-7-13-25(17)14-8-12-23-21(26)16-28-20-15-22(27)24(2)19-11-5-4-10-18(19)20/h4-5,10-11,15,17H,3,6-9,12-14,16H2,1-2H3,(H,23,26). The number of likely N-dealkylation sites (tertiary alicyclic amines) is 1. The number of benzene rings is 1. The predicted octanol–water partition coefficient (Wildman–Crippen LogP) is 3.40. The molecule has 1 aromatic carbocycles. The number of nitrogens with zero attached hydrogens (tertiary/aromatic N) is 2. The van der Waals surface area contributed by atoms with Gasteiger partial charge in [0.05, 0.1) is 11.3 Å². The first-order valence-corrected chi connectivity index (χ1v) is 11.3. The first kappa shape index (κ1) is 20.9. The number of carbonyl (C=O) groups is 1. The van der Waals surface area contributed by atoms with Crippen LogP contribution in [0.15, 0.2) is 40.0 Å². The van der Waals surface area contributed by atoms with Crippen molar-refractivity contribution in [2.24, 2.45) is 7.05 Å². The van der Waals surface area contributed by atoms with Gasteiger partial charge in [0, 0.05) is 42.5 Å². The molecule has 0 saturated carbocycles. The Morgan fingerprint density at radius 3 is 2.93 bits per heavy atom. The second-order valence-corrected chi connectivity index (χ2v) is 8.53. The summed E-state index contributed by atoms with van der Waals surface area (Å²) in [5.41, 5.74) is 0.846. The van der Waals surface area contributed by atoms with E-state index >= 15 is 0 Å². The highest BCUT2D eigenvalue weighted by molar-refractivity contribution is 8.00. The Morgan fingerprint density at radius 1 is 1.29 bits per heavy atom. The molecule has 0 spiro atoms. The normalized spacial score (nSPS) is 17.7. The number of hydrogen-bond acceptors (Lipinski definition) is 4. The summed E-state index contributed by atoms with van der Waals surface area (Å²) in [6, 6.07) is 10.2. The third-order valence-corrected chi connectivity index (χ3v) is 6.69. The minimum Gasteiger partial charge on any atom is -0.355 e. The first-order valence-electron chi connectivity index (χ1n) is 10.3. The molecule has 0 aliphatic carbocycles. The summed E-state index contributed by atoms with van der Waals surface area (Å²) >= 11 is 1.44. The quantitative estimate of drug-likeness (QED) is 0.544. The zero-order valence-corrected chi connectivity index (χ0v) is 17.8. The molecule has 1 aromatic heterocycles. The van der Waals surface area contributed by atoms with Crippen molar-refractivity contribution < 1.29 is 4.79 Å². The molecule has 1 amide bonds. The zero-order valence-electron chi connectivity index (χ0n) is 16.9. The second kappa shape index (κ2) is 10.1. The Morgan fingerprint density at radius 2 is 2.11 bits per heavy atom. The summed E-state index contributed by atoms with van der Waals surface area (Å²) < 4.78 is 1.64. The molecule has 1 unspecified atom stereocenters. The SMILES string of the molecule is CCC1CCCCN1CCCNC(=O)CSc1cc(=O)n(C)c2ccccc12. The monoisotopic (exact) mass is 401 g/mol. The molecular formula is C22H31N3O2S. The smallest absolute Gasteiger partial charge is 0.251 e. The van der Waals surface area contributed by atoms with Gasteiger partial charge in [-0.3, -0.25) is 9.59 Å². The lowest BCUT2D eigenvalue weighted by atomic mass is 10.00. The van der Waals surface area contributed by atoms with Crippen LogP contribution in [-0.2, 0) is 11.8 Å². The van der Waals surface area contributed by atoms with E-state index in [4.69, 9.17) is 0 Å². The number of carbonyl (C=O) groups excluding carboxylic acids is 1. The van der Waals surface area contributed by atoms with Crippen LogP contribution in [0.5, 0.6) is 0 Å². The predicted molar refractivity (Wildman–Crippen MR) is 117 cm³/mol. The van der Waals surface area contributed by atoms with Crippen molar-refractivity contribution in [2.45, 2.75) is 50.0 Å². The van der Waals surface area contributed by atoms with Gasteiger partial charge in [-0.1, -0.05) is 31.5 Å². The fourth-order valence-corrected chi connectivity index (χ4v) is 4.92. The van der Waals surface area contributed by atoms with Gasteiger partial charge >= 0.3 is 0 Å². The van der Waals surface area contributed by atoms with E-state index < -0.39 is 0 Å². The minimum absolute atomic E-state index is 0.0282. The lowest BCUT2D eigenvalue weighted by molar-refractivity contribution is -0.118. The molecule has 1 atom stereocenters. The van der Waals surface area contributed by atoms with Crippen molar-refractivity contribution >= 4 is 28.6 Å². The second-order valence-electron chi connectivity index (χ2n) is 7.51. The molecule has 0 bridgehead atoms. The highest BCUT2D eigenvalue weighted by atomic mass is 32.2. The number of aryl methyl sites for hydroxylation is 1. The molecule has 6 heteroatoms. The highest BCUT2D eigenvalue weighted by Gasteiger charge is 2.19. The van der Waals surface area contributed by atoms with Gasteiger partial charge in [0.25, 0.3) is 5.56 Å². The van der Waals surface area contributed by atoms with E-state index in [1.807, 2.05) is 24.3 Å². The molecule has 2 heterocycles. The van der Waals surface area contributed by atoms with E-state index in [-0.39, 0.29) is 11.5 Å². The van der Waals surface area contributed by atoms with Crippen molar-refractivity contribution in [3.63, 3.8) is 0 Å². The molecular weight excluding hydrogens is 370 g/mol. The Bertz CT molecular complexity index is 864. The van der Waals surface area contributed by atoms with Crippen LogP contribution in [-0.4, -0.2) is 46.8 Å². The van der Waals surface area contributed by atoms with Crippen LogP contribution in [0.3, 0.4) is 0 Å². The van der Waals surface area contributed by atoms with Crippen molar-refractivity contribution in [3.05, 3.63) is 40.7 Å². The maximum atomic E-state index is 12.2. The summed E-state index contributed by atoms with van der Waals surface area (Å²) in [7, 11) is 1.78. The molecule has 5 nitrogen and oxygen atoms in total. The largest absolute Gasteiger partial charge is 0.355 e. The topological polar surface area (TPSA) is 54.3 Å². The molecule has 28 heavy (non-hydrogen) atoms. The summed E-state index contributed by atoms with van der Waals surface area (Å²) in [4.78, 5) is 27.9. The van der Waals surface area contributed by atoms with E-state index in [2.05, 4.69) is 17.1 Å². The number of amides is 1. The van der Waals surface area contributed by atoms with E-state index in [1.165, 1.54) is 44.0 Å². The van der Waals surface area contributed by atoms with Crippen LogP contribution in [0, 0.1) is 0 Å². The lowest BCUT2D eigenvalue weighted by Crippen LogP contribution is -2.40. The third kappa shape index (κ3) is 5.17.